The molecular weight excluding hydrogens is 266 g/mol. The molecular formula is C17H25NO3. The molecule has 1 aromatic rings. The van der Waals surface area contributed by atoms with Crippen LogP contribution in [0.3, 0.4) is 0 Å². The highest BCUT2D eigenvalue weighted by Gasteiger charge is 2.23. The third-order valence-corrected chi connectivity index (χ3v) is 3.59. The molecule has 0 saturated carbocycles. The summed E-state index contributed by atoms with van der Waals surface area (Å²) in [5.74, 6) is 0.678. The number of nitrogens with zero attached hydrogens (tertiary/aromatic N) is 1. The molecule has 1 saturated heterocycles. The van der Waals surface area contributed by atoms with Gasteiger partial charge in [0.05, 0.1) is 19.3 Å². The van der Waals surface area contributed by atoms with Crippen molar-refractivity contribution in [3.8, 4) is 0 Å². The first kappa shape index (κ1) is 16.0. The fraction of sp³-hybridized carbons (Fsp3) is 0.588. The molecule has 4 heteroatoms. The second-order valence-electron chi connectivity index (χ2n) is 5.87. The molecule has 0 N–H and O–H groups in total. The summed E-state index contributed by atoms with van der Waals surface area (Å²) in [6.07, 6.45) is 1.00. The summed E-state index contributed by atoms with van der Waals surface area (Å²) in [5.41, 5.74) is 0.723. The summed E-state index contributed by atoms with van der Waals surface area (Å²) in [7, 11) is 0. The van der Waals surface area contributed by atoms with Crippen molar-refractivity contribution < 1.29 is 14.3 Å². The maximum atomic E-state index is 12.5. The quantitative estimate of drug-likeness (QED) is 0.837. The molecule has 0 aliphatic carbocycles. The van der Waals surface area contributed by atoms with Gasteiger partial charge in [-0.25, -0.2) is 0 Å². The largest absolute Gasteiger partial charge is 0.377 e. The summed E-state index contributed by atoms with van der Waals surface area (Å²) in [6, 6.07) is 9.39. The average Bonchev–Trinajstić information content (AvgIpc) is 2.73. The molecule has 0 spiro atoms. The summed E-state index contributed by atoms with van der Waals surface area (Å²) in [6.45, 7) is 7.44. The molecule has 21 heavy (non-hydrogen) atoms. The van der Waals surface area contributed by atoms with Crippen molar-refractivity contribution in [1.29, 1.82) is 0 Å². The normalized spacial score (nSPS) is 19.6. The van der Waals surface area contributed by atoms with Gasteiger partial charge in [0, 0.05) is 25.3 Å². The van der Waals surface area contributed by atoms with Gasteiger partial charge >= 0.3 is 0 Å². The molecule has 0 unspecified atom stereocenters. The monoisotopic (exact) mass is 291 g/mol. The number of carbonyl (C=O) groups is 1. The minimum Gasteiger partial charge on any atom is -0.377 e. The number of rotatable bonds is 5. The number of hydrogen-bond acceptors (Lipinski definition) is 3. The molecule has 1 aliphatic rings. The lowest BCUT2D eigenvalue weighted by molar-refractivity contribution is -0.00902. The van der Waals surface area contributed by atoms with E-state index in [1.165, 1.54) is 0 Å². The Balaban J connectivity index is 1.91. The van der Waals surface area contributed by atoms with Crippen LogP contribution in [-0.4, -0.2) is 49.8 Å². The van der Waals surface area contributed by atoms with Crippen LogP contribution in [0.25, 0.3) is 0 Å². The zero-order chi connectivity index (χ0) is 15.1. The summed E-state index contributed by atoms with van der Waals surface area (Å²) in [4.78, 5) is 14.3. The Morgan fingerprint density at radius 3 is 2.86 bits per heavy atom. The van der Waals surface area contributed by atoms with Crippen LogP contribution in [-0.2, 0) is 9.47 Å². The van der Waals surface area contributed by atoms with E-state index < -0.39 is 0 Å². The summed E-state index contributed by atoms with van der Waals surface area (Å²) >= 11 is 0. The minimum atomic E-state index is -0.0288. The van der Waals surface area contributed by atoms with Gasteiger partial charge in [-0.3, -0.25) is 4.79 Å². The third-order valence-electron chi connectivity index (χ3n) is 3.59. The van der Waals surface area contributed by atoms with Gasteiger partial charge in [-0.1, -0.05) is 32.0 Å². The van der Waals surface area contributed by atoms with E-state index in [4.69, 9.17) is 9.47 Å². The van der Waals surface area contributed by atoms with Gasteiger partial charge in [-0.05, 0) is 24.5 Å². The van der Waals surface area contributed by atoms with Gasteiger partial charge in [0.25, 0.3) is 5.91 Å². The molecule has 0 radical (unpaired) electrons. The average molecular weight is 291 g/mol. The van der Waals surface area contributed by atoms with Gasteiger partial charge in [0.1, 0.15) is 0 Å². The van der Waals surface area contributed by atoms with Crippen molar-refractivity contribution >= 4 is 5.91 Å². The molecule has 0 aromatic heterocycles. The second kappa shape index (κ2) is 8.15. The lowest BCUT2D eigenvalue weighted by atomic mass is 10.1. The Morgan fingerprint density at radius 1 is 1.38 bits per heavy atom. The topological polar surface area (TPSA) is 38.8 Å². The Kier molecular flexibility index (Phi) is 6.21. The molecule has 0 bridgehead atoms. The number of carbonyl (C=O) groups excluding carboxylic acids is 1. The zero-order valence-corrected chi connectivity index (χ0v) is 13.0. The van der Waals surface area contributed by atoms with Gasteiger partial charge in [0.15, 0.2) is 0 Å². The first-order valence-electron chi connectivity index (χ1n) is 7.70. The Morgan fingerprint density at radius 2 is 2.14 bits per heavy atom. The van der Waals surface area contributed by atoms with Crippen LogP contribution in [0.2, 0.25) is 0 Å². The second-order valence-corrected chi connectivity index (χ2v) is 5.87. The maximum absolute atomic E-state index is 12.5. The highest BCUT2D eigenvalue weighted by Crippen LogP contribution is 2.11. The molecule has 1 aliphatic heterocycles. The first-order valence-corrected chi connectivity index (χ1v) is 7.70. The Hall–Kier alpha value is -1.39. The van der Waals surface area contributed by atoms with Crippen molar-refractivity contribution in [3.63, 3.8) is 0 Å². The van der Waals surface area contributed by atoms with Crippen molar-refractivity contribution in [2.45, 2.75) is 26.4 Å². The highest BCUT2D eigenvalue weighted by molar-refractivity contribution is 5.94. The fourth-order valence-electron chi connectivity index (χ4n) is 2.30. The predicted octanol–water partition coefficient (Wildman–Crippen LogP) is 2.59. The molecule has 1 fully saturated rings. The molecule has 4 nitrogen and oxygen atoms in total. The van der Waals surface area contributed by atoms with Crippen molar-refractivity contribution in [1.82, 2.24) is 4.90 Å². The van der Waals surface area contributed by atoms with Gasteiger partial charge in [-0.2, -0.15) is 0 Å². The van der Waals surface area contributed by atoms with Crippen LogP contribution >= 0.6 is 0 Å². The standard InChI is InChI=1S/C17H25NO3/c1-14(2)8-10-21-16-12-18(9-11-20-13-16)17(19)15-6-4-3-5-7-15/h3-7,14,16H,8-13H2,1-2H3/t16-/m1/s1. The van der Waals surface area contributed by atoms with E-state index in [2.05, 4.69) is 13.8 Å². The van der Waals surface area contributed by atoms with E-state index in [0.717, 1.165) is 18.6 Å². The highest BCUT2D eigenvalue weighted by atomic mass is 16.5. The van der Waals surface area contributed by atoms with Crippen LogP contribution < -0.4 is 0 Å². The smallest absolute Gasteiger partial charge is 0.254 e. The van der Waals surface area contributed by atoms with E-state index in [-0.39, 0.29) is 12.0 Å². The number of hydrogen-bond donors (Lipinski definition) is 0. The number of benzene rings is 1. The van der Waals surface area contributed by atoms with Gasteiger partial charge in [-0.15, -0.1) is 0 Å². The summed E-state index contributed by atoms with van der Waals surface area (Å²) < 4.78 is 11.4. The molecule has 1 amide bonds. The van der Waals surface area contributed by atoms with E-state index in [1.54, 1.807) is 0 Å². The SMILES string of the molecule is CC(C)CCO[C@H]1COCCN(C(=O)c2ccccc2)C1. The van der Waals surface area contributed by atoms with E-state index >= 15 is 0 Å². The third kappa shape index (κ3) is 5.14. The first-order chi connectivity index (χ1) is 10.2. The van der Waals surface area contributed by atoms with E-state index in [0.29, 0.717) is 32.2 Å². The molecule has 1 aromatic carbocycles. The van der Waals surface area contributed by atoms with Crippen molar-refractivity contribution in [2.75, 3.05) is 32.9 Å². The van der Waals surface area contributed by atoms with Crippen LogP contribution in [0.15, 0.2) is 30.3 Å². The molecule has 1 heterocycles. The molecule has 1 atom stereocenters. The van der Waals surface area contributed by atoms with Gasteiger partial charge in [0.2, 0.25) is 0 Å². The van der Waals surface area contributed by atoms with Crippen molar-refractivity contribution in [3.05, 3.63) is 35.9 Å². The van der Waals surface area contributed by atoms with E-state index in [1.807, 2.05) is 35.2 Å². The van der Waals surface area contributed by atoms with E-state index in [9.17, 15) is 4.79 Å². The van der Waals surface area contributed by atoms with Crippen LogP contribution in [0.5, 0.6) is 0 Å². The summed E-state index contributed by atoms with van der Waals surface area (Å²) in [5, 5.41) is 0. The fourth-order valence-corrected chi connectivity index (χ4v) is 2.30. The lowest BCUT2D eigenvalue weighted by Gasteiger charge is -2.24. The number of amides is 1. The predicted molar refractivity (Wildman–Crippen MR) is 82.4 cm³/mol. The zero-order valence-electron chi connectivity index (χ0n) is 13.0. The van der Waals surface area contributed by atoms with Crippen LogP contribution in [0.1, 0.15) is 30.6 Å². The Labute approximate surface area is 127 Å². The maximum Gasteiger partial charge on any atom is 0.254 e. The lowest BCUT2D eigenvalue weighted by Crippen LogP contribution is -2.39. The molecule has 116 valence electrons. The number of ether oxygens (including phenoxy) is 2. The van der Waals surface area contributed by atoms with Crippen LogP contribution in [0, 0.1) is 5.92 Å². The minimum absolute atomic E-state index is 0.0288. The van der Waals surface area contributed by atoms with Crippen molar-refractivity contribution in [2.24, 2.45) is 5.92 Å². The molecule has 2 rings (SSSR count). The van der Waals surface area contributed by atoms with Gasteiger partial charge < -0.3 is 14.4 Å². The van der Waals surface area contributed by atoms with Crippen LogP contribution in [0.4, 0.5) is 0 Å². The Bertz CT molecular complexity index is 433.